The molecule has 0 radical (unpaired) electrons. The van der Waals surface area contributed by atoms with Crippen molar-refractivity contribution >= 4 is 28.9 Å². The van der Waals surface area contributed by atoms with E-state index in [9.17, 15) is 19.5 Å². The number of nitrogens with zero attached hydrogens (tertiary/aromatic N) is 1. The topological polar surface area (TPSA) is 127 Å². The van der Waals surface area contributed by atoms with E-state index < -0.39 is 36.7 Å². The second kappa shape index (κ2) is 11.6. The zero-order valence-corrected chi connectivity index (χ0v) is 18.1. The number of amides is 2. The van der Waals surface area contributed by atoms with Gasteiger partial charge in [0.2, 0.25) is 5.91 Å². The summed E-state index contributed by atoms with van der Waals surface area (Å²) < 4.78 is 9.88. The normalized spacial score (nSPS) is 12.4. The number of alkyl carbamates (subject to hydrolysis) is 1. The highest BCUT2D eigenvalue weighted by molar-refractivity contribution is 5.90. The largest absolute Gasteiger partial charge is 0.467 e. The molecule has 0 unspecified atom stereocenters. The van der Waals surface area contributed by atoms with Gasteiger partial charge < -0.3 is 25.2 Å². The van der Waals surface area contributed by atoms with E-state index in [-0.39, 0.29) is 13.0 Å². The minimum Gasteiger partial charge on any atom is -0.467 e. The molecule has 9 heteroatoms. The van der Waals surface area contributed by atoms with Gasteiger partial charge in [-0.2, -0.15) is 0 Å². The zero-order valence-electron chi connectivity index (χ0n) is 18.1. The predicted octanol–water partition coefficient (Wildman–Crippen LogP) is 1.72. The molecule has 3 rings (SSSR count). The molecule has 0 aliphatic rings. The average Bonchev–Trinajstić information content (AvgIpc) is 2.85. The first-order chi connectivity index (χ1) is 16.0. The third kappa shape index (κ3) is 6.75. The molecule has 9 nitrogen and oxygen atoms in total. The summed E-state index contributed by atoms with van der Waals surface area (Å²) in [6, 6.07) is 17.8. The Kier molecular flexibility index (Phi) is 8.31. The minimum atomic E-state index is -1.31. The Morgan fingerprint density at radius 2 is 1.67 bits per heavy atom. The molecular formula is C24H25N3O6. The lowest BCUT2D eigenvalue weighted by molar-refractivity contribution is -0.145. The van der Waals surface area contributed by atoms with Crippen LogP contribution in [0.5, 0.6) is 0 Å². The fourth-order valence-electron chi connectivity index (χ4n) is 3.14. The molecule has 2 amide bonds. The molecule has 0 saturated carbocycles. The Labute approximate surface area is 190 Å². The van der Waals surface area contributed by atoms with Gasteiger partial charge in [0.1, 0.15) is 18.7 Å². The van der Waals surface area contributed by atoms with Crippen LogP contribution in [0.4, 0.5) is 4.79 Å². The summed E-state index contributed by atoms with van der Waals surface area (Å²) in [5, 5.41) is 15.3. The summed E-state index contributed by atoms with van der Waals surface area (Å²) in [6.07, 6.45) is -0.807. The number of aliphatic hydroxyl groups is 1. The number of pyridine rings is 1. The fourth-order valence-corrected chi connectivity index (χ4v) is 3.14. The highest BCUT2D eigenvalue weighted by Crippen LogP contribution is 2.13. The molecule has 0 bridgehead atoms. The summed E-state index contributed by atoms with van der Waals surface area (Å²) in [4.78, 5) is 41.5. The molecular weight excluding hydrogens is 426 g/mol. The summed E-state index contributed by atoms with van der Waals surface area (Å²) in [5.41, 5.74) is 2.09. The molecule has 172 valence electrons. The third-order valence-corrected chi connectivity index (χ3v) is 4.88. The van der Waals surface area contributed by atoms with Crippen LogP contribution in [0.25, 0.3) is 10.9 Å². The number of benzene rings is 2. The standard InChI is InChI=1S/C24H25N3O6/c1-32-23(30)20(13-18-12-11-17-9-5-6-10-19(17)25-18)26-22(29)21(14-28)27-24(31)33-15-16-7-3-2-4-8-16/h2-12,20-21,28H,13-15H2,1H3,(H,26,29)(H,27,31)/t20-,21+/m1/s1. The van der Waals surface area contributed by atoms with E-state index in [0.29, 0.717) is 5.69 Å². The van der Waals surface area contributed by atoms with Crippen LogP contribution in [-0.2, 0) is 32.1 Å². The van der Waals surface area contributed by atoms with Gasteiger partial charge in [-0.05, 0) is 17.7 Å². The lowest BCUT2D eigenvalue weighted by atomic mass is 10.1. The number of hydrogen-bond donors (Lipinski definition) is 3. The summed E-state index contributed by atoms with van der Waals surface area (Å²) in [6.45, 7) is -0.681. The Morgan fingerprint density at radius 3 is 2.39 bits per heavy atom. The molecule has 1 heterocycles. The highest BCUT2D eigenvalue weighted by Gasteiger charge is 2.28. The molecule has 0 saturated heterocycles. The quantitative estimate of drug-likeness (QED) is 0.423. The Morgan fingerprint density at radius 1 is 0.939 bits per heavy atom. The maximum Gasteiger partial charge on any atom is 0.408 e. The number of carbonyl (C=O) groups is 3. The summed E-state index contributed by atoms with van der Waals surface area (Å²) in [7, 11) is 1.21. The van der Waals surface area contributed by atoms with Crippen LogP contribution in [-0.4, -0.2) is 53.9 Å². The van der Waals surface area contributed by atoms with E-state index in [1.807, 2.05) is 36.4 Å². The van der Waals surface area contributed by atoms with E-state index >= 15 is 0 Å². The van der Waals surface area contributed by atoms with Gasteiger partial charge in [0.05, 0.1) is 19.2 Å². The van der Waals surface area contributed by atoms with Crippen LogP contribution in [0.15, 0.2) is 66.7 Å². The van der Waals surface area contributed by atoms with Gasteiger partial charge in [-0.25, -0.2) is 9.59 Å². The van der Waals surface area contributed by atoms with Crippen molar-refractivity contribution in [1.29, 1.82) is 0 Å². The molecule has 2 atom stereocenters. The fraction of sp³-hybridized carbons (Fsp3) is 0.250. The van der Waals surface area contributed by atoms with Gasteiger partial charge >= 0.3 is 12.1 Å². The molecule has 1 aromatic heterocycles. The maximum absolute atomic E-state index is 12.6. The minimum absolute atomic E-state index is 0.00482. The van der Waals surface area contributed by atoms with Gasteiger partial charge in [-0.15, -0.1) is 0 Å². The molecule has 0 fully saturated rings. The van der Waals surface area contributed by atoms with Crippen LogP contribution in [0.2, 0.25) is 0 Å². The lowest BCUT2D eigenvalue weighted by Gasteiger charge is -2.21. The molecule has 33 heavy (non-hydrogen) atoms. The van der Waals surface area contributed by atoms with Crippen molar-refractivity contribution in [3.8, 4) is 0 Å². The number of esters is 1. The number of methoxy groups -OCH3 is 1. The smallest absolute Gasteiger partial charge is 0.408 e. The average molecular weight is 451 g/mol. The summed E-state index contributed by atoms with van der Waals surface area (Å²) in [5.74, 6) is -1.44. The lowest BCUT2D eigenvalue weighted by Crippen LogP contribution is -2.54. The first-order valence-corrected chi connectivity index (χ1v) is 10.3. The number of fused-ring (bicyclic) bond motifs is 1. The molecule has 0 aliphatic heterocycles. The molecule has 3 aromatic rings. The number of nitrogens with one attached hydrogen (secondary N) is 2. The molecule has 0 spiro atoms. The van der Waals surface area contributed by atoms with Crippen molar-refractivity contribution in [2.24, 2.45) is 0 Å². The number of rotatable bonds is 9. The third-order valence-electron chi connectivity index (χ3n) is 4.88. The SMILES string of the molecule is COC(=O)[C@@H](Cc1ccc2ccccc2n1)NC(=O)[C@H](CO)NC(=O)OCc1ccccc1. The predicted molar refractivity (Wildman–Crippen MR) is 120 cm³/mol. The number of aliphatic hydroxyl groups excluding tert-OH is 1. The maximum atomic E-state index is 12.6. The Balaban J connectivity index is 1.62. The van der Waals surface area contributed by atoms with Crippen molar-refractivity contribution in [3.63, 3.8) is 0 Å². The van der Waals surface area contributed by atoms with Crippen LogP contribution >= 0.6 is 0 Å². The number of ether oxygens (including phenoxy) is 2. The van der Waals surface area contributed by atoms with Crippen molar-refractivity contribution in [2.75, 3.05) is 13.7 Å². The number of aromatic nitrogens is 1. The Hall–Kier alpha value is -3.98. The van der Waals surface area contributed by atoms with E-state index in [1.165, 1.54) is 7.11 Å². The first-order valence-electron chi connectivity index (χ1n) is 10.3. The highest BCUT2D eigenvalue weighted by atomic mass is 16.5. The van der Waals surface area contributed by atoms with E-state index in [0.717, 1.165) is 16.5 Å². The number of para-hydroxylation sites is 1. The molecule has 3 N–H and O–H groups in total. The van der Waals surface area contributed by atoms with Crippen molar-refractivity contribution < 1.29 is 29.0 Å². The Bertz CT molecular complexity index is 1110. The van der Waals surface area contributed by atoms with Gasteiger partial charge in [0, 0.05) is 17.5 Å². The van der Waals surface area contributed by atoms with Gasteiger partial charge in [-0.3, -0.25) is 9.78 Å². The van der Waals surface area contributed by atoms with Crippen LogP contribution in [0.3, 0.4) is 0 Å². The second-order valence-electron chi connectivity index (χ2n) is 7.22. The molecule has 0 aliphatic carbocycles. The van der Waals surface area contributed by atoms with Gasteiger partial charge in [-0.1, -0.05) is 54.6 Å². The number of hydrogen-bond acceptors (Lipinski definition) is 7. The van der Waals surface area contributed by atoms with E-state index in [2.05, 4.69) is 15.6 Å². The van der Waals surface area contributed by atoms with Crippen LogP contribution in [0.1, 0.15) is 11.3 Å². The van der Waals surface area contributed by atoms with Crippen molar-refractivity contribution in [1.82, 2.24) is 15.6 Å². The van der Waals surface area contributed by atoms with Crippen molar-refractivity contribution in [3.05, 3.63) is 78.0 Å². The van der Waals surface area contributed by atoms with Crippen molar-refractivity contribution in [2.45, 2.75) is 25.1 Å². The van der Waals surface area contributed by atoms with Gasteiger partial charge in [0.15, 0.2) is 0 Å². The van der Waals surface area contributed by atoms with E-state index in [4.69, 9.17) is 9.47 Å². The van der Waals surface area contributed by atoms with E-state index in [1.54, 1.807) is 30.3 Å². The first kappa shape index (κ1) is 23.7. The zero-order chi connectivity index (χ0) is 23.6. The van der Waals surface area contributed by atoms with Crippen LogP contribution in [0, 0.1) is 0 Å². The monoisotopic (exact) mass is 451 g/mol. The second-order valence-corrected chi connectivity index (χ2v) is 7.22. The van der Waals surface area contributed by atoms with Crippen LogP contribution < -0.4 is 10.6 Å². The van der Waals surface area contributed by atoms with Gasteiger partial charge in [0.25, 0.3) is 0 Å². The molecule has 2 aromatic carbocycles. The summed E-state index contributed by atoms with van der Waals surface area (Å²) >= 11 is 0. The number of carbonyl (C=O) groups excluding carboxylic acids is 3.